The molecule has 1 aromatic carbocycles. The largest absolute Gasteiger partial charge is 0.299 e. The topological polar surface area (TPSA) is 17.1 Å². The minimum Gasteiger partial charge on any atom is -0.299 e. The third-order valence-corrected chi connectivity index (χ3v) is 4.29. The summed E-state index contributed by atoms with van der Waals surface area (Å²) >= 11 is 13.4. The highest BCUT2D eigenvalue weighted by Gasteiger charge is 2.06. The van der Waals surface area contributed by atoms with Gasteiger partial charge in [-0.2, -0.15) is 0 Å². The summed E-state index contributed by atoms with van der Waals surface area (Å²) in [5, 5.41) is 3.05. The van der Waals surface area contributed by atoms with Gasteiger partial charge in [-0.25, -0.2) is 0 Å². The van der Waals surface area contributed by atoms with Gasteiger partial charge < -0.3 is 0 Å². The predicted molar refractivity (Wildman–Crippen MR) is 77.8 cm³/mol. The van der Waals surface area contributed by atoms with Gasteiger partial charge in [-0.1, -0.05) is 35.3 Å². The Bertz CT molecular complexity index is 535. The number of thiophene rings is 1. The Balaban J connectivity index is 1.88. The zero-order valence-electron chi connectivity index (χ0n) is 9.66. The molecule has 0 unspecified atom stereocenters. The van der Waals surface area contributed by atoms with E-state index in [1.54, 1.807) is 23.5 Å². The normalized spacial score (nSPS) is 10.6. The van der Waals surface area contributed by atoms with Crippen LogP contribution >= 0.6 is 34.5 Å². The molecule has 0 radical (unpaired) electrons. The van der Waals surface area contributed by atoms with E-state index in [1.165, 1.54) is 4.88 Å². The molecule has 0 atom stereocenters. The third-order valence-electron chi connectivity index (χ3n) is 2.62. The summed E-state index contributed by atoms with van der Waals surface area (Å²) in [5.74, 6) is 0.224. The number of Topliss-reactive ketones (excluding diaryl/α,β-unsaturated/α-hetero) is 1. The van der Waals surface area contributed by atoms with Crippen molar-refractivity contribution in [3.8, 4) is 0 Å². The lowest BCUT2D eigenvalue weighted by Gasteiger charge is -2.02. The molecule has 1 heterocycles. The van der Waals surface area contributed by atoms with Crippen LogP contribution in [0.2, 0.25) is 10.0 Å². The average molecular weight is 299 g/mol. The fourth-order valence-corrected chi connectivity index (χ4v) is 2.71. The van der Waals surface area contributed by atoms with Gasteiger partial charge >= 0.3 is 0 Å². The third kappa shape index (κ3) is 3.84. The van der Waals surface area contributed by atoms with Gasteiger partial charge in [0.1, 0.15) is 5.78 Å². The first-order valence-electron chi connectivity index (χ1n) is 5.63. The van der Waals surface area contributed by atoms with Crippen molar-refractivity contribution in [3.63, 3.8) is 0 Å². The highest BCUT2D eigenvalue weighted by Crippen LogP contribution is 2.23. The Hall–Kier alpha value is -0.830. The van der Waals surface area contributed by atoms with Crippen LogP contribution in [0.25, 0.3) is 0 Å². The molecular formula is C14H12Cl2OS. The fraction of sp³-hybridized carbons (Fsp3) is 0.214. The summed E-state index contributed by atoms with van der Waals surface area (Å²) in [6, 6.07) is 9.39. The second-order valence-electron chi connectivity index (χ2n) is 4.04. The van der Waals surface area contributed by atoms with Crippen molar-refractivity contribution in [2.75, 3.05) is 0 Å². The fourth-order valence-electron chi connectivity index (χ4n) is 1.68. The maximum atomic E-state index is 11.8. The van der Waals surface area contributed by atoms with E-state index >= 15 is 0 Å². The number of rotatable bonds is 5. The summed E-state index contributed by atoms with van der Waals surface area (Å²) in [4.78, 5) is 13.1. The standard InChI is InChI=1S/C14H12Cl2OS/c15-13-6-3-10(9-14(13)16)8-11(17)4-5-12-2-1-7-18-12/h1-3,6-7,9H,4-5,8H2. The van der Waals surface area contributed by atoms with Gasteiger partial charge in [-0.05, 0) is 35.6 Å². The zero-order valence-corrected chi connectivity index (χ0v) is 12.0. The molecule has 0 saturated heterocycles. The molecule has 18 heavy (non-hydrogen) atoms. The first kappa shape index (κ1) is 13.6. The summed E-state index contributed by atoms with van der Waals surface area (Å²) in [5.41, 5.74) is 0.917. The first-order chi connectivity index (χ1) is 8.65. The molecule has 0 bridgehead atoms. The van der Waals surface area contributed by atoms with E-state index in [-0.39, 0.29) is 5.78 Å². The number of ketones is 1. The lowest BCUT2D eigenvalue weighted by atomic mass is 10.1. The quantitative estimate of drug-likeness (QED) is 0.775. The van der Waals surface area contributed by atoms with Gasteiger partial charge in [0.25, 0.3) is 0 Å². The monoisotopic (exact) mass is 298 g/mol. The van der Waals surface area contributed by atoms with Crippen LogP contribution in [0.3, 0.4) is 0 Å². The van der Waals surface area contributed by atoms with Crippen LogP contribution < -0.4 is 0 Å². The Labute approximate surface area is 120 Å². The maximum Gasteiger partial charge on any atom is 0.137 e. The highest BCUT2D eigenvalue weighted by atomic mass is 35.5. The van der Waals surface area contributed by atoms with Crippen molar-refractivity contribution in [1.29, 1.82) is 0 Å². The van der Waals surface area contributed by atoms with E-state index in [0.29, 0.717) is 22.9 Å². The van der Waals surface area contributed by atoms with E-state index < -0.39 is 0 Å². The van der Waals surface area contributed by atoms with E-state index in [1.807, 2.05) is 17.5 Å². The van der Waals surface area contributed by atoms with Gasteiger partial charge in [-0.3, -0.25) is 4.79 Å². The summed E-state index contributed by atoms with van der Waals surface area (Å²) < 4.78 is 0. The molecule has 0 N–H and O–H groups in total. The van der Waals surface area contributed by atoms with Gasteiger partial charge in [-0.15, -0.1) is 11.3 Å². The van der Waals surface area contributed by atoms with Crippen LogP contribution in [-0.4, -0.2) is 5.78 Å². The highest BCUT2D eigenvalue weighted by molar-refractivity contribution is 7.09. The number of benzene rings is 1. The minimum absolute atomic E-state index is 0.224. The maximum absolute atomic E-state index is 11.8. The van der Waals surface area contributed by atoms with Gasteiger partial charge in [0.05, 0.1) is 10.0 Å². The Morgan fingerprint density at radius 2 is 2.00 bits per heavy atom. The van der Waals surface area contributed by atoms with Crippen molar-refractivity contribution in [3.05, 3.63) is 56.2 Å². The molecular weight excluding hydrogens is 287 g/mol. The molecule has 2 rings (SSSR count). The number of hydrogen-bond donors (Lipinski definition) is 0. The van der Waals surface area contributed by atoms with E-state index in [2.05, 4.69) is 6.07 Å². The smallest absolute Gasteiger partial charge is 0.137 e. The van der Waals surface area contributed by atoms with Crippen molar-refractivity contribution in [2.45, 2.75) is 19.3 Å². The Morgan fingerprint density at radius 1 is 1.17 bits per heavy atom. The number of hydrogen-bond acceptors (Lipinski definition) is 2. The van der Waals surface area contributed by atoms with Crippen molar-refractivity contribution in [1.82, 2.24) is 0 Å². The van der Waals surface area contributed by atoms with Crippen LogP contribution in [0.5, 0.6) is 0 Å². The molecule has 2 aromatic rings. The number of aryl methyl sites for hydroxylation is 1. The van der Waals surface area contributed by atoms with Crippen molar-refractivity contribution in [2.24, 2.45) is 0 Å². The number of carbonyl (C=O) groups is 1. The van der Waals surface area contributed by atoms with Gasteiger partial charge in [0, 0.05) is 17.7 Å². The van der Waals surface area contributed by atoms with Crippen LogP contribution in [0.1, 0.15) is 16.9 Å². The second kappa shape index (κ2) is 6.37. The van der Waals surface area contributed by atoms with Crippen LogP contribution in [-0.2, 0) is 17.6 Å². The van der Waals surface area contributed by atoms with Gasteiger partial charge in [0.15, 0.2) is 0 Å². The van der Waals surface area contributed by atoms with E-state index in [9.17, 15) is 4.79 Å². The molecule has 1 nitrogen and oxygen atoms in total. The number of halogens is 2. The molecule has 0 aliphatic rings. The first-order valence-corrected chi connectivity index (χ1v) is 7.27. The van der Waals surface area contributed by atoms with Crippen LogP contribution in [0.4, 0.5) is 0 Å². The molecule has 0 spiro atoms. The van der Waals surface area contributed by atoms with Crippen molar-refractivity contribution < 1.29 is 4.79 Å². The molecule has 94 valence electrons. The molecule has 0 aliphatic heterocycles. The average Bonchev–Trinajstić information content (AvgIpc) is 2.84. The SMILES string of the molecule is O=C(CCc1cccs1)Cc1ccc(Cl)c(Cl)c1. The predicted octanol–water partition coefficient (Wildman–Crippen LogP) is 4.80. The Kier molecular flexibility index (Phi) is 4.81. The molecule has 0 aliphatic carbocycles. The summed E-state index contributed by atoms with van der Waals surface area (Å²) in [6.45, 7) is 0. The Morgan fingerprint density at radius 3 is 2.67 bits per heavy atom. The molecule has 0 fully saturated rings. The van der Waals surface area contributed by atoms with E-state index in [0.717, 1.165) is 12.0 Å². The van der Waals surface area contributed by atoms with Gasteiger partial charge in [0.2, 0.25) is 0 Å². The molecule has 4 heteroatoms. The molecule has 0 amide bonds. The van der Waals surface area contributed by atoms with E-state index in [4.69, 9.17) is 23.2 Å². The number of carbonyl (C=O) groups excluding carboxylic acids is 1. The summed E-state index contributed by atoms with van der Waals surface area (Å²) in [6.07, 6.45) is 1.81. The second-order valence-corrected chi connectivity index (χ2v) is 5.89. The summed E-state index contributed by atoms with van der Waals surface area (Å²) in [7, 11) is 0. The van der Waals surface area contributed by atoms with Crippen LogP contribution in [0, 0.1) is 0 Å². The minimum atomic E-state index is 0.224. The molecule has 1 aromatic heterocycles. The van der Waals surface area contributed by atoms with Crippen molar-refractivity contribution >= 4 is 40.3 Å². The lowest BCUT2D eigenvalue weighted by molar-refractivity contribution is -0.118. The molecule has 0 saturated carbocycles. The zero-order chi connectivity index (χ0) is 13.0. The van der Waals surface area contributed by atoms with Crippen LogP contribution in [0.15, 0.2) is 35.7 Å². The lowest BCUT2D eigenvalue weighted by Crippen LogP contribution is -2.03.